The molecule has 174 valence electrons. The molecule has 1 aliphatic rings. The lowest BCUT2D eigenvalue weighted by Crippen LogP contribution is -2.43. The average Bonchev–Trinajstić information content (AvgIpc) is 3.07. The lowest BCUT2D eigenvalue weighted by molar-refractivity contribution is -0.132. The van der Waals surface area contributed by atoms with Gasteiger partial charge in [0.1, 0.15) is 24.0 Å². The number of aliphatic hydroxyl groups is 1. The number of nitrogens with zero attached hydrogens (tertiary/aromatic N) is 1. The first-order valence-electron chi connectivity index (χ1n) is 10.8. The lowest BCUT2D eigenvalue weighted by atomic mass is 9.90. The summed E-state index contributed by atoms with van der Waals surface area (Å²) in [6, 6.07) is 22.9. The summed E-state index contributed by atoms with van der Waals surface area (Å²) in [4.78, 5) is 38.0. The van der Waals surface area contributed by atoms with E-state index in [4.69, 9.17) is 10.5 Å². The van der Waals surface area contributed by atoms with Crippen molar-refractivity contribution in [3.05, 3.63) is 90.0 Å². The number of benzene rings is 3. The van der Waals surface area contributed by atoms with Crippen LogP contribution >= 0.6 is 0 Å². The zero-order chi connectivity index (χ0) is 24.3. The number of β-amino-alcohol motifs (C(OH)–C–C–N with tert-alkyl or cyclic N) is 1. The fourth-order valence-electron chi connectivity index (χ4n) is 3.87. The summed E-state index contributed by atoms with van der Waals surface area (Å²) in [7, 11) is 0. The summed E-state index contributed by atoms with van der Waals surface area (Å²) < 4.78 is 5.65. The molecule has 0 aliphatic carbocycles. The third-order valence-corrected chi connectivity index (χ3v) is 5.80. The molecule has 1 heterocycles. The first kappa shape index (κ1) is 23.0. The number of carbonyl (C=O) groups excluding carboxylic acids is 3. The SMILES string of the molecule is CC1(c2cccc(C(N)=O)c2)NC(=O)N(CC(O)COc2ccc(-c3ccccc3)cc2)C1=O. The first-order chi connectivity index (χ1) is 16.3. The second kappa shape index (κ2) is 9.36. The maximum atomic E-state index is 13.1. The third-order valence-electron chi connectivity index (χ3n) is 5.80. The van der Waals surface area contributed by atoms with Gasteiger partial charge in [0.05, 0.1) is 6.54 Å². The summed E-state index contributed by atoms with van der Waals surface area (Å²) in [5.41, 5.74) is 6.72. The molecule has 3 aromatic carbocycles. The molecule has 0 radical (unpaired) electrons. The second-order valence-corrected chi connectivity index (χ2v) is 8.27. The molecule has 0 spiro atoms. The average molecular weight is 460 g/mol. The van der Waals surface area contributed by atoms with E-state index in [-0.39, 0.29) is 18.7 Å². The minimum absolute atomic E-state index is 0.102. The van der Waals surface area contributed by atoms with Crippen LogP contribution in [-0.2, 0) is 10.3 Å². The van der Waals surface area contributed by atoms with Crippen molar-refractivity contribution in [1.82, 2.24) is 10.2 Å². The quantitative estimate of drug-likeness (QED) is 0.447. The minimum atomic E-state index is -1.38. The van der Waals surface area contributed by atoms with Crippen molar-refractivity contribution in [2.24, 2.45) is 5.73 Å². The number of hydrogen-bond donors (Lipinski definition) is 3. The molecule has 0 saturated carbocycles. The Kier molecular flexibility index (Phi) is 6.34. The van der Waals surface area contributed by atoms with E-state index >= 15 is 0 Å². The maximum Gasteiger partial charge on any atom is 0.325 e. The van der Waals surface area contributed by atoms with E-state index in [1.165, 1.54) is 12.1 Å². The number of carbonyl (C=O) groups is 3. The van der Waals surface area contributed by atoms with Gasteiger partial charge in [0, 0.05) is 5.56 Å². The van der Waals surface area contributed by atoms with E-state index in [9.17, 15) is 19.5 Å². The molecule has 2 unspecified atom stereocenters. The molecule has 8 heteroatoms. The van der Waals surface area contributed by atoms with Crippen LogP contribution in [-0.4, -0.2) is 47.1 Å². The van der Waals surface area contributed by atoms with Gasteiger partial charge in [0.25, 0.3) is 5.91 Å². The number of ether oxygens (including phenoxy) is 1. The van der Waals surface area contributed by atoms with Gasteiger partial charge in [-0.1, -0.05) is 54.6 Å². The summed E-state index contributed by atoms with van der Waals surface area (Å²) in [6.45, 7) is 1.21. The number of nitrogens with two attached hydrogens (primary N) is 1. The topological polar surface area (TPSA) is 122 Å². The maximum absolute atomic E-state index is 13.1. The third kappa shape index (κ3) is 4.62. The van der Waals surface area contributed by atoms with Crippen molar-refractivity contribution in [2.75, 3.05) is 13.2 Å². The number of imide groups is 1. The second-order valence-electron chi connectivity index (χ2n) is 8.27. The van der Waals surface area contributed by atoms with Crippen LogP contribution in [0, 0.1) is 0 Å². The van der Waals surface area contributed by atoms with Crippen LogP contribution < -0.4 is 15.8 Å². The number of amides is 4. The van der Waals surface area contributed by atoms with Gasteiger partial charge >= 0.3 is 6.03 Å². The Morgan fingerprint density at radius 2 is 1.71 bits per heavy atom. The van der Waals surface area contributed by atoms with Gasteiger partial charge in [-0.15, -0.1) is 0 Å². The molecule has 1 fully saturated rings. The molecule has 1 aliphatic heterocycles. The Hall–Kier alpha value is -4.17. The molecule has 3 aromatic rings. The smallest absolute Gasteiger partial charge is 0.325 e. The van der Waals surface area contributed by atoms with Gasteiger partial charge in [0.2, 0.25) is 5.91 Å². The van der Waals surface area contributed by atoms with E-state index < -0.39 is 29.5 Å². The van der Waals surface area contributed by atoms with Gasteiger partial charge in [-0.3, -0.25) is 14.5 Å². The molecule has 0 bridgehead atoms. The highest BCUT2D eigenvalue weighted by atomic mass is 16.5. The van der Waals surface area contributed by atoms with Gasteiger partial charge < -0.3 is 20.9 Å². The summed E-state index contributed by atoms with van der Waals surface area (Å²) in [6.07, 6.45) is -1.09. The van der Waals surface area contributed by atoms with Crippen LogP contribution in [0.5, 0.6) is 5.75 Å². The van der Waals surface area contributed by atoms with Crippen molar-refractivity contribution >= 4 is 17.8 Å². The molecule has 2 atom stereocenters. The first-order valence-corrected chi connectivity index (χ1v) is 10.8. The van der Waals surface area contributed by atoms with Crippen molar-refractivity contribution in [3.63, 3.8) is 0 Å². The molecule has 4 amide bonds. The van der Waals surface area contributed by atoms with E-state index in [1.54, 1.807) is 31.2 Å². The molecule has 8 nitrogen and oxygen atoms in total. The number of hydrogen-bond acceptors (Lipinski definition) is 5. The van der Waals surface area contributed by atoms with Crippen molar-refractivity contribution < 1.29 is 24.2 Å². The minimum Gasteiger partial charge on any atom is -0.491 e. The molecular weight excluding hydrogens is 434 g/mol. The Morgan fingerprint density at radius 1 is 1.03 bits per heavy atom. The predicted molar refractivity (Wildman–Crippen MR) is 126 cm³/mol. The highest BCUT2D eigenvalue weighted by molar-refractivity contribution is 6.07. The van der Waals surface area contributed by atoms with Crippen LogP contribution in [0.3, 0.4) is 0 Å². The zero-order valence-electron chi connectivity index (χ0n) is 18.6. The zero-order valence-corrected chi connectivity index (χ0v) is 18.6. The number of aliphatic hydroxyl groups excluding tert-OH is 1. The molecule has 4 rings (SSSR count). The molecule has 34 heavy (non-hydrogen) atoms. The standard InChI is InChI=1S/C26H25N3O5/c1-26(20-9-5-8-19(14-20)23(27)31)24(32)29(25(33)28-26)15-21(30)16-34-22-12-10-18(11-13-22)17-6-3-2-4-7-17/h2-14,21,30H,15-16H2,1H3,(H2,27,31)(H,28,33). The Labute approximate surface area is 197 Å². The highest BCUT2D eigenvalue weighted by Crippen LogP contribution is 2.29. The Balaban J connectivity index is 1.38. The fourth-order valence-corrected chi connectivity index (χ4v) is 3.87. The van der Waals surface area contributed by atoms with Crippen LogP contribution in [0.1, 0.15) is 22.8 Å². The Bertz CT molecular complexity index is 1210. The van der Waals surface area contributed by atoms with E-state index in [0.717, 1.165) is 16.0 Å². The van der Waals surface area contributed by atoms with Crippen LogP contribution in [0.15, 0.2) is 78.9 Å². The highest BCUT2D eigenvalue weighted by Gasteiger charge is 2.49. The predicted octanol–water partition coefficient (Wildman–Crippen LogP) is 2.66. The monoisotopic (exact) mass is 459 g/mol. The molecule has 0 aromatic heterocycles. The summed E-state index contributed by atoms with van der Waals surface area (Å²) >= 11 is 0. The van der Waals surface area contributed by atoms with Crippen LogP contribution in [0.4, 0.5) is 4.79 Å². The van der Waals surface area contributed by atoms with E-state index in [2.05, 4.69) is 5.32 Å². The van der Waals surface area contributed by atoms with Crippen LogP contribution in [0.2, 0.25) is 0 Å². The molecule has 4 N–H and O–H groups in total. The van der Waals surface area contributed by atoms with Crippen molar-refractivity contribution in [1.29, 1.82) is 0 Å². The van der Waals surface area contributed by atoms with Gasteiger partial charge in [-0.25, -0.2) is 4.79 Å². The van der Waals surface area contributed by atoms with Gasteiger partial charge in [-0.2, -0.15) is 0 Å². The summed E-state index contributed by atoms with van der Waals surface area (Å²) in [5.74, 6) is -0.613. The summed E-state index contributed by atoms with van der Waals surface area (Å²) in [5, 5.41) is 13.1. The van der Waals surface area contributed by atoms with Gasteiger partial charge in [-0.05, 0) is 47.9 Å². The number of urea groups is 1. The van der Waals surface area contributed by atoms with Gasteiger partial charge in [0.15, 0.2) is 0 Å². The van der Waals surface area contributed by atoms with E-state index in [0.29, 0.717) is 11.3 Å². The molecule has 1 saturated heterocycles. The number of nitrogens with one attached hydrogen (secondary N) is 1. The number of rotatable bonds is 8. The fraction of sp³-hybridized carbons (Fsp3) is 0.192. The van der Waals surface area contributed by atoms with Crippen LogP contribution in [0.25, 0.3) is 11.1 Å². The van der Waals surface area contributed by atoms with Crippen molar-refractivity contribution in [3.8, 4) is 16.9 Å². The lowest BCUT2D eigenvalue weighted by Gasteiger charge is -2.23. The largest absolute Gasteiger partial charge is 0.491 e. The number of primary amides is 1. The Morgan fingerprint density at radius 3 is 2.38 bits per heavy atom. The van der Waals surface area contributed by atoms with E-state index in [1.807, 2.05) is 42.5 Å². The van der Waals surface area contributed by atoms with Crippen molar-refractivity contribution in [2.45, 2.75) is 18.6 Å². The normalized spacial score (nSPS) is 18.5. The molecular formula is C26H25N3O5.